The van der Waals surface area contributed by atoms with Gasteiger partial charge < -0.3 is 16.4 Å². The van der Waals surface area contributed by atoms with Crippen molar-refractivity contribution in [2.24, 2.45) is 5.73 Å². The Hall–Kier alpha value is -2.28. The van der Waals surface area contributed by atoms with Gasteiger partial charge >= 0.3 is 0 Å². The van der Waals surface area contributed by atoms with Crippen molar-refractivity contribution in [3.63, 3.8) is 0 Å². The minimum Gasteiger partial charge on any atom is -0.382 e. The molecule has 0 aliphatic carbocycles. The first-order valence-electron chi connectivity index (χ1n) is 7.48. The van der Waals surface area contributed by atoms with Gasteiger partial charge in [-0.15, -0.1) is 0 Å². The quantitative estimate of drug-likeness (QED) is 0.888. The minimum atomic E-state index is -0.974. The summed E-state index contributed by atoms with van der Waals surface area (Å²) in [5.41, 5.74) is 12.0. The summed E-state index contributed by atoms with van der Waals surface area (Å²) in [5, 5.41) is 0. The molecule has 0 bridgehead atoms. The van der Waals surface area contributed by atoms with Crippen molar-refractivity contribution in [1.29, 1.82) is 0 Å². The molecule has 0 spiro atoms. The molecule has 0 atom stereocenters. The van der Waals surface area contributed by atoms with E-state index >= 15 is 0 Å². The van der Waals surface area contributed by atoms with Gasteiger partial charge in [0, 0.05) is 24.2 Å². The van der Waals surface area contributed by atoms with E-state index in [1.54, 1.807) is 0 Å². The number of aromatic nitrogens is 2. The highest BCUT2D eigenvalue weighted by molar-refractivity contribution is 5.71. The molecule has 1 aliphatic rings. The van der Waals surface area contributed by atoms with Crippen molar-refractivity contribution in [1.82, 2.24) is 9.97 Å². The minimum absolute atomic E-state index is 0.00901. The zero-order valence-electron chi connectivity index (χ0n) is 12.9. The Morgan fingerprint density at radius 2 is 1.91 bits per heavy atom. The van der Waals surface area contributed by atoms with Crippen LogP contribution in [-0.4, -0.2) is 28.6 Å². The van der Waals surface area contributed by atoms with E-state index in [2.05, 4.69) is 9.97 Å². The van der Waals surface area contributed by atoms with E-state index in [0.29, 0.717) is 5.82 Å². The Morgan fingerprint density at radius 1 is 1.22 bits per heavy atom. The van der Waals surface area contributed by atoms with Crippen LogP contribution < -0.4 is 16.4 Å². The number of nitrogens with zero attached hydrogens (tertiary/aromatic N) is 3. The second-order valence-corrected chi connectivity index (χ2v) is 6.20. The van der Waals surface area contributed by atoms with Crippen molar-refractivity contribution >= 4 is 11.6 Å². The Bertz CT molecular complexity index is 722. The molecular weight excluding hydrogens is 300 g/mol. The zero-order valence-corrected chi connectivity index (χ0v) is 12.9. The van der Waals surface area contributed by atoms with Gasteiger partial charge in [-0.25, -0.2) is 18.7 Å². The predicted octanol–water partition coefficient (Wildman–Crippen LogP) is 2.32. The molecule has 1 fully saturated rings. The number of benzene rings is 1. The first-order valence-corrected chi connectivity index (χ1v) is 7.48. The summed E-state index contributed by atoms with van der Waals surface area (Å²) in [6.07, 6.45) is 3.22. The van der Waals surface area contributed by atoms with Crippen molar-refractivity contribution in [3.8, 4) is 11.3 Å². The molecule has 122 valence electrons. The Balaban J connectivity index is 1.88. The SMILES string of the molecule is CC1(N)CCN(c2cnc(-c3cccc(F)c3F)c(N)n2)CC1. The number of piperidine rings is 1. The molecular formula is C16H19F2N5. The van der Waals surface area contributed by atoms with Gasteiger partial charge in [0.25, 0.3) is 0 Å². The smallest absolute Gasteiger partial charge is 0.168 e. The van der Waals surface area contributed by atoms with Gasteiger partial charge in [0.15, 0.2) is 17.5 Å². The fourth-order valence-corrected chi connectivity index (χ4v) is 2.69. The van der Waals surface area contributed by atoms with Crippen LogP contribution >= 0.6 is 0 Å². The normalized spacial score (nSPS) is 17.3. The van der Waals surface area contributed by atoms with Crippen LogP contribution in [0.1, 0.15) is 19.8 Å². The highest BCUT2D eigenvalue weighted by atomic mass is 19.2. The van der Waals surface area contributed by atoms with Crippen LogP contribution in [0.15, 0.2) is 24.4 Å². The van der Waals surface area contributed by atoms with Crippen LogP contribution in [0, 0.1) is 11.6 Å². The van der Waals surface area contributed by atoms with Gasteiger partial charge in [-0.2, -0.15) is 0 Å². The molecule has 1 saturated heterocycles. The third-order valence-corrected chi connectivity index (χ3v) is 4.22. The number of nitrogen functional groups attached to an aromatic ring is 1. The molecule has 0 amide bonds. The van der Waals surface area contributed by atoms with Gasteiger partial charge in [-0.05, 0) is 31.9 Å². The standard InChI is InChI=1S/C16H19F2N5/c1-16(20)5-7-23(8-6-16)12-9-21-14(15(19)22-12)10-3-2-4-11(17)13(10)18/h2-4,9H,5-8,20H2,1H3,(H2,19,22). The predicted molar refractivity (Wildman–Crippen MR) is 85.8 cm³/mol. The van der Waals surface area contributed by atoms with Crippen LogP contribution in [0.2, 0.25) is 0 Å². The molecule has 5 nitrogen and oxygen atoms in total. The summed E-state index contributed by atoms with van der Waals surface area (Å²) in [5.74, 6) is -1.21. The molecule has 1 aromatic heterocycles. The highest BCUT2D eigenvalue weighted by Gasteiger charge is 2.27. The van der Waals surface area contributed by atoms with Crippen molar-refractivity contribution in [2.45, 2.75) is 25.3 Å². The lowest BCUT2D eigenvalue weighted by Crippen LogP contribution is -2.48. The van der Waals surface area contributed by atoms with Crippen molar-refractivity contribution < 1.29 is 8.78 Å². The van der Waals surface area contributed by atoms with E-state index in [0.717, 1.165) is 32.0 Å². The van der Waals surface area contributed by atoms with E-state index in [1.165, 1.54) is 18.3 Å². The summed E-state index contributed by atoms with van der Waals surface area (Å²) in [7, 11) is 0. The number of hydrogen-bond acceptors (Lipinski definition) is 5. The largest absolute Gasteiger partial charge is 0.382 e. The van der Waals surface area contributed by atoms with Crippen LogP contribution in [0.3, 0.4) is 0 Å². The third kappa shape index (κ3) is 3.10. The van der Waals surface area contributed by atoms with Crippen LogP contribution in [0.5, 0.6) is 0 Å². The van der Waals surface area contributed by atoms with E-state index in [4.69, 9.17) is 11.5 Å². The second-order valence-electron chi connectivity index (χ2n) is 6.20. The maximum atomic E-state index is 13.9. The number of anilines is 2. The molecule has 0 unspecified atom stereocenters. The summed E-state index contributed by atoms with van der Waals surface area (Å²) < 4.78 is 27.2. The summed E-state index contributed by atoms with van der Waals surface area (Å²) in [6.45, 7) is 3.55. The Kier molecular flexibility index (Phi) is 3.89. The first kappa shape index (κ1) is 15.6. The van der Waals surface area contributed by atoms with E-state index in [9.17, 15) is 8.78 Å². The van der Waals surface area contributed by atoms with Gasteiger partial charge in [0.05, 0.1) is 6.20 Å². The Labute approximate surface area is 133 Å². The van der Waals surface area contributed by atoms with E-state index in [1.807, 2.05) is 11.8 Å². The molecule has 2 heterocycles. The number of rotatable bonds is 2. The average molecular weight is 319 g/mol. The second kappa shape index (κ2) is 5.73. The van der Waals surface area contributed by atoms with Gasteiger partial charge in [-0.3, -0.25) is 0 Å². The van der Waals surface area contributed by atoms with E-state index in [-0.39, 0.29) is 22.6 Å². The summed E-state index contributed by atoms with van der Waals surface area (Å²) in [6, 6.07) is 3.89. The average Bonchev–Trinajstić information content (AvgIpc) is 2.50. The summed E-state index contributed by atoms with van der Waals surface area (Å²) >= 11 is 0. The fourth-order valence-electron chi connectivity index (χ4n) is 2.69. The lowest BCUT2D eigenvalue weighted by atomic mass is 9.91. The van der Waals surface area contributed by atoms with Crippen LogP contribution in [-0.2, 0) is 0 Å². The fraction of sp³-hybridized carbons (Fsp3) is 0.375. The molecule has 3 rings (SSSR count). The highest BCUT2D eigenvalue weighted by Crippen LogP contribution is 2.29. The molecule has 4 N–H and O–H groups in total. The summed E-state index contributed by atoms with van der Waals surface area (Å²) in [4.78, 5) is 10.5. The monoisotopic (exact) mass is 319 g/mol. The molecule has 0 saturated carbocycles. The molecule has 2 aromatic rings. The third-order valence-electron chi connectivity index (χ3n) is 4.22. The van der Waals surface area contributed by atoms with Gasteiger partial charge in [0.2, 0.25) is 0 Å². The molecule has 7 heteroatoms. The van der Waals surface area contributed by atoms with Crippen molar-refractivity contribution in [3.05, 3.63) is 36.0 Å². The molecule has 23 heavy (non-hydrogen) atoms. The number of halogens is 2. The topological polar surface area (TPSA) is 81.1 Å². The Morgan fingerprint density at radius 3 is 2.57 bits per heavy atom. The molecule has 0 radical (unpaired) electrons. The number of hydrogen-bond donors (Lipinski definition) is 2. The molecule has 1 aliphatic heterocycles. The molecule has 1 aromatic carbocycles. The lowest BCUT2D eigenvalue weighted by molar-refractivity contribution is 0.363. The maximum Gasteiger partial charge on any atom is 0.168 e. The number of nitrogens with two attached hydrogens (primary N) is 2. The lowest BCUT2D eigenvalue weighted by Gasteiger charge is -2.37. The van der Waals surface area contributed by atoms with Crippen LogP contribution in [0.4, 0.5) is 20.4 Å². The van der Waals surface area contributed by atoms with Gasteiger partial charge in [0.1, 0.15) is 11.5 Å². The zero-order chi connectivity index (χ0) is 16.6. The van der Waals surface area contributed by atoms with Crippen LogP contribution in [0.25, 0.3) is 11.3 Å². The van der Waals surface area contributed by atoms with Crippen molar-refractivity contribution in [2.75, 3.05) is 23.7 Å². The maximum absolute atomic E-state index is 13.9. The van der Waals surface area contributed by atoms with Gasteiger partial charge in [-0.1, -0.05) is 6.07 Å². The van der Waals surface area contributed by atoms with E-state index < -0.39 is 11.6 Å². The first-order chi connectivity index (χ1) is 10.9.